The Hall–Kier alpha value is -6.03. The number of ether oxygens (including phenoxy) is 7. The molecule has 0 heterocycles. The molecular weight excluding hydrogens is 592 g/mol. The first-order valence-corrected chi connectivity index (χ1v) is 14.1. The van der Waals surface area contributed by atoms with E-state index in [0.29, 0.717) is 34.3 Å². The molecule has 0 fully saturated rings. The molecule has 0 aromatic heterocycles. The van der Waals surface area contributed by atoms with Crippen LogP contribution in [-0.4, -0.2) is 38.3 Å². The Labute approximate surface area is 265 Å². The van der Waals surface area contributed by atoms with Crippen LogP contribution in [0.25, 0.3) is 11.1 Å². The molecule has 4 aromatic rings. The Morgan fingerprint density at radius 3 is 1.52 bits per heavy atom. The minimum atomic E-state index is -0.592. The summed E-state index contributed by atoms with van der Waals surface area (Å²) in [4.78, 5) is 35.0. The van der Waals surface area contributed by atoms with Crippen molar-refractivity contribution < 1.29 is 47.5 Å². The van der Waals surface area contributed by atoms with Gasteiger partial charge >= 0.3 is 17.9 Å². The molecule has 1 aliphatic rings. The Morgan fingerprint density at radius 1 is 0.587 bits per heavy atom. The van der Waals surface area contributed by atoms with Crippen LogP contribution in [0.2, 0.25) is 0 Å². The van der Waals surface area contributed by atoms with Crippen LogP contribution in [0.15, 0.2) is 110 Å². The number of esters is 3. The second kappa shape index (κ2) is 14.6. The van der Waals surface area contributed by atoms with E-state index in [2.05, 4.69) is 20.1 Å². The highest BCUT2D eigenvalue weighted by molar-refractivity contribution is 5.91. The Bertz CT molecular complexity index is 1740. The fraction of sp³-hybridized carbons (Fsp3) is 0.139. The normalized spacial score (nSPS) is 12.5. The van der Waals surface area contributed by atoms with Gasteiger partial charge in [0.1, 0.15) is 28.7 Å². The van der Waals surface area contributed by atoms with Gasteiger partial charge < -0.3 is 33.2 Å². The first kappa shape index (κ1) is 31.4. The quantitative estimate of drug-likeness (QED) is 0.0661. The summed E-state index contributed by atoms with van der Waals surface area (Å²) >= 11 is 0. The minimum Gasteiger partial charge on any atom is -0.457 e. The SMILES string of the molecule is C=CC(=O)OCOc1ccc(OCOc2ccc3c(c2)C(C)c2cc(OC(=O)c4ccc(OCOC(=O)C=C)cc4)ccc2-3)cc1. The van der Waals surface area contributed by atoms with Gasteiger partial charge in [0.05, 0.1) is 5.56 Å². The van der Waals surface area contributed by atoms with E-state index in [0.717, 1.165) is 34.4 Å². The second-order valence-electron chi connectivity index (χ2n) is 9.87. The maximum atomic E-state index is 12.8. The molecule has 0 bridgehead atoms. The second-order valence-corrected chi connectivity index (χ2v) is 9.87. The van der Waals surface area contributed by atoms with Gasteiger partial charge in [-0.25, -0.2) is 14.4 Å². The van der Waals surface area contributed by atoms with Crippen LogP contribution in [0.1, 0.15) is 34.3 Å². The van der Waals surface area contributed by atoms with Gasteiger partial charge in [-0.1, -0.05) is 32.2 Å². The van der Waals surface area contributed by atoms with E-state index in [-0.39, 0.29) is 26.3 Å². The van der Waals surface area contributed by atoms with Crippen LogP contribution in [0.4, 0.5) is 0 Å². The van der Waals surface area contributed by atoms with Crippen LogP contribution in [0.5, 0.6) is 28.7 Å². The lowest BCUT2D eigenvalue weighted by atomic mass is 9.99. The van der Waals surface area contributed by atoms with Crippen molar-refractivity contribution in [3.05, 3.63) is 127 Å². The fourth-order valence-electron chi connectivity index (χ4n) is 4.69. The first-order valence-electron chi connectivity index (χ1n) is 14.1. The molecule has 4 aromatic carbocycles. The van der Waals surface area contributed by atoms with E-state index in [4.69, 9.17) is 33.2 Å². The van der Waals surface area contributed by atoms with Gasteiger partial charge in [-0.15, -0.1) is 0 Å². The molecule has 10 nitrogen and oxygen atoms in total. The molecule has 1 atom stereocenters. The van der Waals surface area contributed by atoms with Gasteiger partial charge in [0, 0.05) is 18.1 Å². The summed E-state index contributed by atoms with van der Waals surface area (Å²) in [6, 6.07) is 24.6. The molecule has 10 heteroatoms. The topological polar surface area (TPSA) is 116 Å². The predicted octanol–water partition coefficient (Wildman–Crippen LogP) is 6.58. The number of rotatable bonds is 14. The van der Waals surface area contributed by atoms with E-state index < -0.39 is 17.9 Å². The van der Waals surface area contributed by atoms with Crippen LogP contribution < -0.4 is 23.7 Å². The average Bonchev–Trinajstić information content (AvgIpc) is 3.35. The molecule has 0 saturated heterocycles. The Balaban J connectivity index is 1.13. The highest BCUT2D eigenvalue weighted by atomic mass is 16.7. The number of fused-ring (bicyclic) bond motifs is 3. The third-order valence-electron chi connectivity index (χ3n) is 7.03. The Morgan fingerprint density at radius 2 is 1.00 bits per heavy atom. The number of carbonyl (C=O) groups excluding carboxylic acids is 3. The largest absolute Gasteiger partial charge is 0.457 e. The van der Waals surface area contributed by atoms with E-state index >= 15 is 0 Å². The van der Waals surface area contributed by atoms with E-state index in [1.54, 1.807) is 54.6 Å². The number of hydrogen-bond donors (Lipinski definition) is 0. The Kier molecular flexibility index (Phi) is 9.99. The summed E-state index contributed by atoms with van der Waals surface area (Å²) in [5.74, 6) is 0.977. The maximum Gasteiger partial charge on any atom is 0.343 e. The molecule has 0 saturated carbocycles. The zero-order valence-corrected chi connectivity index (χ0v) is 24.9. The molecule has 0 amide bonds. The number of carbonyl (C=O) groups is 3. The first-order chi connectivity index (χ1) is 22.3. The average molecular weight is 623 g/mol. The monoisotopic (exact) mass is 622 g/mol. The highest BCUT2D eigenvalue weighted by Gasteiger charge is 2.27. The summed E-state index contributed by atoms with van der Waals surface area (Å²) < 4.78 is 37.5. The molecule has 0 spiro atoms. The van der Waals surface area contributed by atoms with Gasteiger partial charge in [-0.2, -0.15) is 0 Å². The zero-order valence-electron chi connectivity index (χ0n) is 24.9. The van der Waals surface area contributed by atoms with Gasteiger partial charge in [0.15, 0.2) is 0 Å². The minimum absolute atomic E-state index is 0.00671. The molecule has 1 unspecified atom stereocenters. The van der Waals surface area contributed by atoms with Crippen LogP contribution >= 0.6 is 0 Å². The van der Waals surface area contributed by atoms with E-state index in [1.165, 1.54) is 0 Å². The summed E-state index contributed by atoms with van der Waals surface area (Å²) in [5, 5.41) is 0. The molecule has 0 radical (unpaired) electrons. The number of benzene rings is 4. The van der Waals surface area contributed by atoms with Crippen molar-refractivity contribution in [3.63, 3.8) is 0 Å². The lowest BCUT2D eigenvalue weighted by molar-refractivity contribution is -0.145. The van der Waals surface area contributed by atoms with Crippen molar-refractivity contribution in [2.24, 2.45) is 0 Å². The predicted molar refractivity (Wildman–Crippen MR) is 167 cm³/mol. The van der Waals surface area contributed by atoms with Gasteiger partial charge in [0.25, 0.3) is 0 Å². The lowest BCUT2D eigenvalue weighted by Gasteiger charge is -2.12. The van der Waals surface area contributed by atoms with Gasteiger partial charge in [-0.3, -0.25) is 0 Å². The van der Waals surface area contributed by atoms with E-state index in [9.17, 15) is 14.4 Å². The molecule has 0 N–H and O–H groups in total. The molecule has 46 heavy (non-hydrogen) atoms. The van der Waals surface area contributed by atoms with Gasteiger partial charge in [-0.05, 0) is 95.1 Å². The van der Waals surface area contributed by atoms with Crippen LogP contribution in [0.3, 0.4) is 0 Å². The van der Waals surface area contributed by atoms with Crippen molar-refractivity contribution in [1.29, 1.82) is 0 Å². The van der Waals surface area contributed by atoms with Crippen molar-refractivity contribution in [2.45, 2.75) is 12.8 Å². The van der Waals surface area contributed by atoms with Crippen LogP contribution in [0, 0.1) is 0 Å². The lowest BCUT2D eigenvalue weighted by Crippen LogP contribution is -2.10. The van der Waals surface area contributed by atoms with Crippen molar-refractivity contribution >= 4 is 17.9 Å². The third-order valence-corrected chi connectivity index (χ3v) is 7.03. The van der Waals surface area contributed by atoms with Crippen molar-refractivity contribution in [3.8, 4) is 39.9 Å². The molecule has 234 valence electrons. The molecule has 5 rings (SSSR count). The van der Waals surface area contributed by atoms with Gasteiger partial charge in [0.2, 0.25) is 20.4 Å². The smallest absolute Gasteiger partial charge is 0.343 e. The molecule has 0 aliphatic heterocycles. The standard InChI is InChI=1S/C36H30O10/c1-4-34(37)44-21-41-25-8-6-24(7-9-25)36(39)46-29-15-17-31-30-16-14-28(18-32(30)23(3)33(31)19-29)43-20-40-26-10-12-27(13-11-26)42-22-45-35(38)5-2/h4-19,23H,1-2,20-22H2,3H3. The summed E-state index contributed by atoms with van der Waals surface area (Å²) in [7, 11) is 0. The van der Waals surface area contributed by atoms with E-state index in [1.807, 2.05) is 30.3 Å². The number of hydrogen-bond acceptors (Lipinski definition) is 10. The third kappa shape index (κ3) is 7.72. The zero-order chi connectivity index (χ0) is 32.5. The summed E-state index contributed by atoms with van der Waals surface area (Å²) in [6.45, 7) is 8.24. The maximum absolute atomic E-state index is 12.8. The summed E-state index contributed by atoms with van der Waals surface area (Å²) in [6.07, 6.45) is 2.11. The van der Waals surface area contributed by atoms with Crippen molar-refractivity contribution in [2.75, 3.05) is 20.4 Å². The fourth-order valence-corrected chi connectivity index (χ4v) is 4.69. The summed E-state index contributed by atoms with van der Waals surface area (Å²) in [5.41, 5.74) is 4.60. The molecule has 1 aliphatic carbocycles. The highest BCUT2D eigenvalue weighted by Crippen LogP contribution is 2.47. The molecular formula is C36H30O10. The van der Waals surface area contributed by atoms with Crippen molar-refractivity contribution in [1.82, 2.24) is 0 Å². The van der Waals surface area contributed by atoms with Crippen LogP contribution in [-0.2, 0) is 19.1 Å².